The zero-order chi connectivity index (χ0) is 16.8. The Balaban J connectivity index is 1.95. The molecule has 0 spiro atoms. The van der Waals surface area contributed by atoms with Crippen molar-refractivity contribution < 1.29 is 4.79 Å². The second-order valence-corrected chi connectivity index (χ2v) is 6.18. The van der Waals surface area contributed by atoms with E-state index in [-0.39, 0.29) is 5.91 Å². The average Bonchev–Trinajstić information content (AvgIpc) is 2.53. The van der Waals surface area contributed by atoms with Gasteiger partial charge in [0.1, 0.15) is 0 Å². The van der Waals surface area contributed by atoms with Gasteiger partial charge >= 0.3 is 0 Å². The van der Waals surface area contributed by atoms with E-state index in [1.807, 2.05) is 43.3 Å². The normalized spacial score (nSPS) is 10.7. The van der Waals surface area contributed by atoms with Crippen molar-refractivity contribution >= 4 is 11.6 Å². The lowest BCUT2D eigenvalue weighted by Gasteiger charge is -2.13. The van der Waals surface area contributed by atoms with Gasteiger partial charge in [-0.2, -0.15) is 0 Å². The molecule has 0 radical (unpaired) electrons. The number of carbonyl (C=O) groups is 1. The molecule has 0 aliphatic heterocycles. The summed E-state index contributed by atoms with van der Waals surface area (Å²) in [6.07, 6.45) is 0. The number of carbonyl (C=O) groups excluding carboxylic acids is 1. The van der Waals surface area contributed by atoms with Gasteiger partial charge in [0.2, 0.25) is 0 Å². The lowest BCUT2D eigenvalue weighted by Crippen LogP contribution is -2.23. The molecule has 1 N–H and O–H groups in total. The third-order valence-corrected chi connectivity index (χ3v) is 3.60. The third-order valence-electron chi connectivity index (χ3n) is 3.60. The fourth-order valence-electron chi connectivity index (χ4n) is 2.34. The molecule has 0 heterocycles. The highest BCUT2D eigenvalue weighted by Crippen LogP contribution is 2.13. The van der Waals surface area contributed by atoms with Crippen molar-refractivity contribution in [3.05, 3.63) is 65.2 Å². The van der Waals surface area contributed by atoms with Gasteiger partial charge < -0.3 is 15.1 Å². The molecular formula is C19H25N3O. The summed E-state index contributed by atoms with van der Waals surface area (Å²) in [5.41, 5.74) is 4.07. The predicted molar refractivity (Wildman–Crippen MR) is 95.8 cm³/mol. The third kappa shape index (κ3) is 5.11. The molecule has 2 rings (SSSR count). The summed E-state index contributed by atoms with van der Waals surface area (Å²) in [5.74, 6) is -0.0499. The van der Waals surface area contributed by atoms with Crippen molar-refractivity contribution in [3.8, 4) is 0 Å². The summed E-state index contributed by atoms with van der Waals surface area (Å²) in [6.45, 7) is 1.46. The zero-order valence-electron chi connectivity index (χ0n) is 14.3. The fourth-order valence-corrected chi connectivity index (χ4v) is 2.34. The van der Waals surface area contributed by atoms with Gasteiger partial charge in [-0.15, -0.1) is 0 Å². The molecular weight excluding hydrogens is 286 g/mol. The number of anilines is 1. The van der Waals surface area contributed by atoms with E-state index in [1.54, 1.807) is 0 Å². The monoisotopic (exact) mass is 311 g/mol. The van der Waals surface area contributed by atoms with Crippen LogP contribution in [0.4, 0.5) is 5.69 Å². The van der Waals surface area contributed by atoms with E-state index in [0.29, 0.717) is 12.1 Å². The fraction of sp³-hybridized carbons (Fsp3) is 0.316. The first-order chi connectivity index (χ1) is 11.0. The molecule has 23 heavy (non-hydrogen) atoms. The van der Waals surface area contributed by atoms with Gasteiger partial charge in [-0.05, 0) is 43.4 Å². The van der Waals surface area contributed by atoms with E-state index < -0.39 is 0 Å². The van der Waals surface area contributed by atoms with Crippen LogP contribution < -0.4 is 10.2 Å². The van der Waals surface area contributed by atoms with Crippen LogP contribution in [-0.4, -0.2) is 39.0 Å². The van der Waals surface area contributed by atoms with Crippen LogP contribution in [0.25, 0.3) is 0 Å². The van der Waals surface area contributed by atoms with Gasteiger partial charge in [0.05, 0.1) is 0 Å². The van der Waals surface area contributed by atoms with Crippen LogP contribution >= 0.6 is 0 Å². The number of nitrogens with one attached hydrogen (secondary N) is 1. The molecule has 2 aromatic rings. The minimum absolute atomic E-state index is 0.0499. The Labute approximate surface area is 138 Å². The smallest absolute Gasteiger partial charge is 0.251 e. The lowest BCUT2D eigenvalue weighted by molar-refractivity contribution is 0.0951. The summed E-state index contributed by atoms with van der Waals surface area (Å²) in [6, 6.07) is 16.0. The van der Waals surface area contributed by atoms with Gasteiger partial charge in [0, 0.05) is 38.4 Å². The van der Waals surface area contributed by atoms with Crippen LogP contribution in [0, 0.1) is 0 Å². The summed E-state index contributed by atoms with van der Waals surface area (Å²) in [4.78, 5) is 16.4. The molecule has 4 heteroatoms. The molecule has 4 nitrogen and oxygen atoms in total. The van der Waals surface area contributed by atoms with Crippen LogP contribution in [0.5, 0.6) is 0 Å². The first kappa shape index (κ1) is 17.0. The van der Waals surface area contributed by atoms with Gasteiger partial charge in [0.25, 0.3) is 5.91 Å². The Morgan fingerprint density at radius 1 is 0.957 bits per heavy atom. The Kier molecular flexibility index (Phi) is 5.77. The van der Waals surface area contributed by atoms with Crippen LogP contribution in [0.1, 0.15) is 21.5 Å². The highest BCUT2D eigenvalue weighted by atomic mass is 16.1. The van der Waals surface area contributed by atoms with E-state index in [0.717, 1.165) is 17.8 Å². The zero-order valence-corrected chi connectivity index (χ0v) is 14.3. The Morgan fingerprint density at radius 3 is 2.22 bits per heavy atom. The first-order valence-electron chi connectivity index (χ1n) is 7.74. The van der Waals surface area contributed by atoms with Crippen molar-refractivity contribution in [2.45, 2.75) is 13.1 Å². The molecule has 0 unspecified atom stereocenters. The number of benzene rings is 2. The highest BCUT2D eigenvalue weighted by molar-refractivity contribution is 5.95. The highest BCUT2D eigenvalue weighted by Gasteiger charge is 2.07. The van der Waals surface area contributed by atoms with Crippen LogP contribution in [0.2, 0.25) is 0 Å². The lowest BCUT2D eigenvalue weighted by atomic mass is 10.1. The predicted octanol–water partition coefficient (Wildman–Crippen LogP) is 2.74. The first-order valence-corrected chi connectivity index (χ1v) is 7.74. The molecule has 0 fully saturated rings. The van der Waals surface area contributed by atoms with E-state index in [1.165, 1.54) is 5.56 Å². The molecule has 0 saturated carbocycles. The number of nitrogens with zero attached hydrogens (tertiary/aromatic N) is 2. The summed E-state index contributed by atoms with van der Waals surface area (Å²) >= 11 is 0. The molecule has 0 saturated heterocycles. The quantitative estimate of drug-likeness (QED) is 0.891. The van der Waals surface area contributed by atoms with Crippen molar-refractivity contribution in [1.29, 1.82) is 0 Å². The second kappa shape index (κ2) is 7.79. The molecule has 0 atom stereocenters. The molecule has 1 amide bonds. The Bertz CT molecular complexity index is 648. The maximum Gasteiger partial charge on any atom is 0.251 e. The van der Waals surface area contributed by atoms with Crippen LogP contribution in [0.15, 0.2) is 48.5 Å². The number of hydrogen-bond donors (Lipinski definition) is 1. The number of hydrogen-bond acceptors (Lipinski definition) is 3. The maximum absolute atomic E-state index is 12.3. The SMILES string of the molecule is CN(C)Cc1ccc(CNC(=O)c2cccc(N(C)C)c2)cc1. The molecule has 0 bridgehead atoms. The standard InChI is InChI=1S/C19H25N3O/c1-21(2)14-16-10-8-15(9-11-16)13-20-19(23)17-6-5-7-18(12-17)22(3)4/h5-12H,13-14H2,1-4H3,(H,20,23). The maximum atomic E-state index is 12.3. The Hall–Kier alpha value is -2.33. The second-order valence-electron chi connectivity index (χ2n) is 6.18. The number of amides is 1. The van der Waals surface area contributed by atoms with Gasteiger partial charge in [-0.1, -0.05) is 30.3 Å². The largest absolute Gasteiger partial charge is 0.378 e. The van der Waals surface area contributed by atoms with Crippen LogP contribution in [0.3, 0.4) is 0 Å². The topological polar surface area (TPSA) is 35.6 Å². The van der Waals surface area contributed by atoms with Crippen molar-refractivity contribution in [2.75, 3.05) is 33.1 Å². The minimum Gasteiger partial charge on any atom is -0.378 e. The van der Waals surface area contributed by atoms with Gasteiger partial charge in [-0.3, -0.25) is 4.79 Å². The molecule has 122 valence electrons. The molecule has 0 aromatic heterocycles. The Morgan fingerprint density at radius 2 is 1.61 bits per heavy atom. The van der Waals surface area contributed by atoms with Gasteiger partial charge in [0.15, 0.2) is 0 Å². The van der Waals surface area contributed by atoms with Gasteiger partial charge in [-0.25, -0.2) is 0 Å². The van der Waals surface area contributed by atoms with Crippen molar-refractivity contribution in [2.24, 2.45) is 0 Å². The summed E-state index contributed by atoms with van der Waals surface area (Å²) in [7, 11) is 8.03. The average molecular weight is 311 g/mol. The summed E-state index contributed by atoms with van der Waals surface area (Å²) < 4.78 is 0. The van der Waals surface area contributed by atoms with E-state index >= 15 is 0 Å². The number of rotatable bonds is 6. The van der Waals surface area contributed by atoms with E-state index in [2.05, 4.69) is 48.6 Å². The van der Waals surface area contributed by atoms with Crippen molar-refractivity contribution in [1.82, 2.24) is 10.2 Å². The summed E-state index contributed by atoms with van der Waals surface area (Å²) in [5, 5.41) is 2.97. The van der Waals surface area contributed by atoms with Crippen molar-refractivity contribution in [3.63, 3.8) is 0 Å². The molecule has 0 aliphatic rings. The minimum atomic E-state index is -0.0499. The molecule has 0 aliphatic carbocycles. The van der Waals surface area contributed by atoms with E-state index in [4.69, 9.17) is 0 Å². The van der Waals surface area contributed by atoms with Crippen LogP contribution in [-0.2, 0) is 13.1 Å². The molecule has 2 aromatic carbocycles. The van der Waals surface area contributed by atoms with E-state index in [9.17, 15) is 4.79 Å².